The number of aliphatic carboxylic acids is 1. The van der Waals surface area contributed by atoms with Gasteiger partial charge in [-0.15, -0.1) is 0 Å². The smallest absolute Gasteiger partial charge is 0.321 e. The largest absolute Gasteiger partial charge is 0.481 e. The Balaban J connectivity index is 2.58. The zero-order valence-corrected chi connectivity index (χ0v) is 11.5. The summed E-state index contributed by atoms with van der Waals surface area (Å²) in [5.41, 5.74) is 1.85. The third kappa shape index (κ3) is 4.62. The summed E-state index contributed by atoms with van der Waals surface area (Å²) in [5.74, 6) is -0.853. The van der Waals surface area contributed by atoms with Gasteiger partial charge in [-0.1, -0.05) is 18.2 Å². The average Bonchev–Trinajstić information content (AvgIpc) is 2.36. The summed E-state index contributed by atoms with van der Waals surface area (Å²) in [6.45, 7) is 3.74. The fraction of sp³-hybridized carbons (Fsp3) is 0.429. The predicted molar refractivity (Wildman–Crippen MR) is 74.4 cm³/mol. The molecule has 0 heterocycles. The van der Waals surface area contributed by atoms with Crippen LogP contribution in [0.25, 0.3) is 0 Å². The molecule has 2 N–H and O–H groups in total. The standard InChI is InChI=1S/C14H20N2O3/c1-10-6-4-5-7-12(10)16(3)14(19)15-11(2)8-9-13(17)18/h4-7,11H,8-9H2,1-3H3,(H,15,19)(H,17,18). The molecule has 0 aliphatic rings. The Morgan fingerprint density at radius 1 is 1.37 bits per heavy atom. The van der Waals surface area contributed by atoms with Gasteiger partial charge in [0.15, 0.2) is 0 Å². The van der Waals surface area contributed by atoms with Crippen molar-refractivity contribution < 1.29 is 14.7 Å². The minimum Gasteiger partial charge on any atom is -0.481 e. The van der Waals surface area contributed by atoms with E-state index >= 15 is 0 Å². The number of carboxylic acids is 1. The molecule has 1 unspecified atom stereocenters. The zero-order valence-electron chi connectivity index (χ0n) is 11.5. The number of hydrogen-bond acceptors (Lipinski definition) is 2. The third-order valence-electron chi connectivity index (χ3n) is 2.94. The van der Waals surface area contributed by atoms with Crippen LogP contribution in [0.2, 0.25) is 0 Å². The van der Waals surface area contributed by atoms with Gasteiger partial charge < -0.3 is 10.4 Å². The highest BCUT2D eigenvalue weighted by atomic mass is 16.4. The predicted octanol–water partition coefficient (Wildman–Crippen LogP) is 2.39. The van der Waals surface area contributed by atoms with E-state index in [1.807, 2.05) is 31.2 Å². The summed E-state index contributed by atoms with van der Waals surface area (Å²) in [6.07, 6.45) is 0.470. The molecule has 0 saturated heterocycles. The Bertz CT molecular complexity index is 460. The molecule has 0 radical (unpaired) electrons. The van der Waals surface area contributed by atoms with Crippen molar-refractivity contribution in [2.45, 2.75) is 32.7 Å². The molecule has 5 nitrogen and oxygen atoms in total. The summed E-state index contributed by atoms with van der Waals surface area (Å²) < 4.78 is 0. The summed E-state index contributed by atoms with van der Waals surface area (Å²) >= 11 is 0. The van der Waals surface area contributed by atoms with Crippen LogP contribution in [0.3, 0.4) is 0 Å². The van der Waals surface area contributed by atoms with Crippen molar-refractivity contribution in [2.75, 3.05) is 11.9 Å². The van der Waals surface area contributed by atoms with Crippen molar-refractivity contribution in [3.63, 3.8) is 0 Å². The molecule has 0 aliphatic heterocycles. The zero-order chi connectivity index (χ0) is 14.4. The van der Waals surface area contributed by atoms with E-state index in [0.29, 0.717) is 6.42 Å². The van der Waals surface area contributed by atoms with Crippen LogP contribution in [0, 0.1) is 6.92 Å². The van der Waals surface area contributed by atoms with Crippen molar-refractivity contribution in [2.24, 2.45) is 0 Å². The molecule has 0 aliphatic carbocycles. The van der Waals surface area contributed by atoms with Gasteiger partial charge in [0, 0.05) is 25.2 Å². The van der Waals surface area contributed by atoms with Crippen molar-refractivity contribution in [3.05, 3.63) is 29.8 Å². The van der Waals surface area contributed by atoms with Crippen LogP contribution in [0.15, 0.2) is 24.3 Å². The number of carbonyl (C=O) groups is 2. The van der Waals surface area contributed by atoms with E-state index in [1.165, 1.54) is 4.90 Å². The van der Waals surface area contributed by atoms with Gasteiger partial charge in [0.05, 0.1) is 0 Å². The summed E-state index contributed by atoms with van der Waals surface area (Å²) in [5, 5.41) is 11.4. The number of rotatable bonds is 5. The first kappa shape index (κ1) is 15.0. The van der Waals surface area contributed by atoms with Crippen LogP contribution in [-0.4, -0.2) is 30.2 Å². The summed E-state index contributed by atoms with van der Waals surface area (Å²) in [4.78, 5) is 24.0. The van der Waals surface area contributed by atoms with E-state index in [9.17, 15) is 9.59 Å². The number of carboxylic acid groups (broad SMARTS) is 1. The quantitative estimate of drug-likeness (QED) is 0.858. The van der Waals surface area contributed by atoms with E-state index in [2.05, 4.69) is 5.32 Å². The lowest BCUT2D eigenvalue weighted by Crippen LogP contribution is -2.42. The molecule has 19 heavy (non-hydrogen) atoms. The first-order valence-electron chi connectivity index (χ1n) is 6.23. The van der Waals surface area contributed by atoms with Gasteiger partial charge in [-0.05, 0) is 31.9 Å². The monoisotopic (exact) mass is 264 g/mol. The molecule has 1 aromatic carbocycles. The van der Waals surface area contributed by atoms with E-state index in [1.54, 1.807) is 14.0 Å². The molecule has 0 aromatic heterocycles. The number of hydrogen-bond donors (Lipinski definition) is 2. The van der Waals surface area contributed by atoms with Gasteiger partial charge >= 0.3 is 12.0 Å². The minimum atomic E-state index is -0.853. The highest BCUT2D eigenvalue weighted by Crippen LogP contribution is 2.17. The van der Waals surface area contributed by atoms with E-state index in [4.69, 9.17) is 5.11 Å². The SMILES string of the molecule is Cc1ccccc1N(C)C(=O)NC(C)CCC(=O)O. The molecule has 5 heteroatoms. The van der Waals surface area contributed by atoms with Gasteiger partial charge in [-0.3, -0.25) is 9.69 Å². The Morgan fingerprint density at radius 3 is 2.58 bits per heavy atom. The number of carbonyl (C=O) groups excluding carboxylic acids is 1. The molecule has 0 fully saturated rings. The average molecular weight is 264 g/mol. The van der Waals surface area contributed by atoms with Crippen LogP contribution in [-0.2, 0) is 4.79 Å². The second-order valence-corrected chi connectivity index (χ2v) is 4.63. The molecule has 2 amide bonds. The number of benzene rings is 1. The number of amides is 2. The molecule has 1 rings (SSSR count). The van der Waals surface area contributed by atoms with Gasteiger partial charge in [0.2, 0.25) is 0 Å². The second kappa shape index (κ2) is 6.78. The maximum absolute atomic E-state index is 12.0. The lowest BCUT2D eigenvalue weighted by Gasteiger charge is -2.22. The molecular weight excluding hydrogens is 244 g/mol. The second-order valence-electron chi connectivity index (χ2n) is 4.63. The number of para-hydroxylation sites is 1. The van der Waals surface area contributed by atoms with Gasteiger partial charge in [0.1, 0.15) is 0 Å². The first-order valence-corrected chi connectivity index (χ1v) is 6.23. The van der Waals surface area contributed by atoms with Crippen molar-refractivity contribution in [1.82, 2.24) is 5.32 Å². The topological polar surface area (TPSA) is 69.6 Å². The molecule has 0 spiro atoms. The lowest BCUT2D eigenvalue weighted by atomic mass is 10.2. The molecular formula is C14H20N2O3. The van der Waals surface area contributed by atoms with Crippen LogP contribution >= 0.6 is 0 Å². The fourth-order valence-electron chi connectivity index (χ4n) is 1.77. The highest BCUT2D eigenvalue weighted by molar-refractivity contribution is 5.92. The Hall–Kier alpha value is -2.04. The highest BCUT2D eigenvalue weighted by Gasteiger charge is 2.15. The molecule has 0 saturated carbocycles. The fourth-order valence-corrected chi connectivity index (χ4v) is 1.77. The molecule has 0 bridgehead atoms. The number of anilines is 1. The lowest BCUT2D eigenvalue weighted by molar-refractivity contribution is -0.137. The van der Waals surface area contributed by atoms with Crippen LogP contribution in [0.5, 0.6) is 0 Å². The van der Waals surface area contributed by atoms with Crippen LogP contribution in [0.1, 0.15) is 25.3 Å². The van der Waals surface area contributed by atoms with Crippen molar-refractivity contribution in [1.29, 1.82) is 0 Å². The number of nitrogens with zero attached hydrogens (tertiary/aromatic N) is 1. The normalized spacial score (nSPS) is 11.7. The Labute approximate surface area is 113 Å². The molecule has 104 valence electrons. The third-order valence-corrected chi connectivity index (χ3v) is 2.94. The molecule has 1 aromatic rings. The molecule has 1 atom stereocenters. The number of urea groups is 1. The van der Waals surface area contributed by atoms with E-state index < -0.39 is 5.97 Å². The Kier molecular flexibility index (Phi) is 5.36. The van der Waals surface area contributed by atoms with Crippen LogP contribution in [0.4, 0.5) is 10.5 Å². The van der Waals surface area contributed by atoms with E-state index in [0.717, 1.165) is 11.3 Å². The maximum Gasteiger partial charge on any atom is 0.321 e. The van der Waals surface area contributed by atoms with Crippen molar-refractivity contribution >= 4 is 17.7 Å². The van der Waals surface area contributed by atoms with Gasteiger partial charge in [0.25, 0.3) is 0 Å². The summed E-state index contributed by atoms with van der Waals surface area (Å²) in [6, 6.07) is 7.20. The number of aryl methyl sites for hydroxylation is 1. The summed E-state index contributed by atoms with van der Waals surface area (Å²) in [7, 11) is 1.70. The minimum absolute atomic E-state index is 0.0511. The Morgan fingerprint density at radius 2 is 2.00 bits per heavy atom. The van der Waals surface area contributed by atoms with Crippen LogP contribution < -0.4 is 10.2 Å². The van der Waals surface area contributed by atoms with E-state index in [-0.39, 0.29) is 18.5 Å². The number of nitrogens with one attached hydrogen (secondary N) is 1. The maximum atomic E-state index is 12.0. The first-order chi connectivity index (χ1) is 8.91. The van der Waals surface area contributed by atoms with Gasteiger partial charge in [-0.25, -0.2) is 4.79 Å². The van der Waals surface area contributed by atoms with Crippen molar-refractivity contribution in [3.8, 4) is 0 Å². The van der Waals surface area contributed by atoms with Gasteiger partial charge in [-0.2, -0.15) is 0 Å².